The summed E-state index contributed by atoms with van der Waals surface area (Å²) in [6.07, 6.45) is -0.292. The van der Waals surface area contributed by atoms with E-state index in [0.29, 0.717) is 18.8 Å². The molecular weight excluding hydrogens is 357 g/mol. The second kappa shape index (κ2) is 7.94. The summed E-state index contributed by atoms with van der Waals surface area (Å²) in [6.45, 7) is 3.11. The molecule has 0 spiro atoms. The fourth-order valence-corrected chi connectivity index (χ4v) is 3.07. The summed E-state index contributed by atoms with van der Waals surface area (Å²) in [5.74, 6) is -0.0676. The Bertz CT molecular complexity index is 815. The van der Waals surface area contributed by atoms with Crippen LogP contribution in [0.15, 0.2) is 30.3 Å². The molecule has 2 aromatic rings. The van der Waals surface area contributed by atoms with Gasteiger partial charge in [0, 0.05) is 24.5 Å². The first-order valence-corrected chi connectivity index (χ1v) is 8.92. The number of aromatic nitrogens is 2. The number of hydrogen-bond donors (Lipinski definition) is 1. The standard InChI is InChI=1S/C19H21F3N4O/c1-13-11-16(17(27)26-9-4-2-3-5-10-26)25-18(23-13)24-15-8-6-7-14(12-15)19(20,21)22/h6-8,11-12H,2-5,9-10H2,1H3,(H,23,24,25). The first-order valence-electron chi connectivity index (χ1n) is 8.92. The van der Waals surface area contributed by atoms with E-state index in [2.05, 4.69) is 15.3 Å². The van der Waals surface area contributed by atoms with Gasteiger partial charge in [-0.25, -0.2) is 9.97 Å². The first kappa shape index (κ1) is 19.1. The third-order valence-electron chi connectivity index (χ3n) is 4.41. The van der Waals surface area contributed by atoms with Gasteiger partial charge in [0.25, 0.3) is 5.91 Å². The number of nitrogens with zero attached hydrogens (tertiary/aromatic N) is 3. The molecule has 1 aromatic heterocycles. The summed E-state index contributed by atoms with van der Waals surface area (Å²) >= 11 is 0. The second-order valence-electron chi connectivity index (χ2n) is 6.63. The van der Waals surface area contributed by atoms with E-state index in [4.69, 9.17) is 0 Å². The van der Waals surface area contributed by atoms with Gasteiger partial charge in [-0.05, 0) is 44.0 Å². The van der Waals surface area contributed by atoms with Crippen molar-refractivity contribution in [3.05, 3.63) is 47.3 Å². The van der Waals surface area contributed by atoms with E-state index >= 15 is 0 Å². The first-order chi connectivity index (χ1) is 12.8. The molecule has 0 aliphatic carbocycles. The predicted molar refractivity (Wildman–Crippen MR) is 95.9 cm³/mol. The topological polar surface area (TPSA) is 58.1 Å². The molecule has 5 nitrogen and oxygen atoms in total. The highest BCUT2D eigenvalue weighted by Gasteiger charge is 2.30. The fourth-order valence-electron chi connectivity index (χ4n) is 3.07. The summed E-state index contributed by atoms with van der Waals surface area (Å²) < 4.78 is 38.6. The number of anilines is 2. The zero-order valence-corrected chi connectivity index (χ0v) is 15.0. The largest absolute Gasteiger partial charge is 0.416 e. The lowest BCUT2D eigenvalue weighted by Gasteiger charge is -2.20. The van der Waals surface area contributed by atoms with Crippen molar-refractivity contribution >= 4 is 17.5 Å². The quantitative estimate of drug-likeness (QED) is 0.850. The second-order valence-corrected chi connectivity index (χ2v) is 6.63. The maximum Gasteiger partial charge on any atom is 0.416 e. The Morgan fingerprint density at radius 1 is 1.07 bits per heavy atom. The van der Waals surface area contributed by atoms with Crippen molar-refractivity contribution in [2.24, 2.45) is 0 Å². The number of carbonyl (C=O) groups is 1. The van der Waals surface area contributed by atoms with Crippen molar-refractivity contribution in [2.45, 2.75) is 38.8 Å². The van der Waals surface area contributed by atoms with E-state index in [1.807, 2.05) is 0 Å². The van der Waals surface area contributed by atoms with Crippen LogP contribution >= 0.6 is 0 Å². The van der Waals surface area contributed by atoms with Gasteiger partial charge in [-0.15, -0.1) is 0 Å². The lowest BCUT2D eigenvalue weighted by molar-refractivity contribution is -0.137. The number of halogens is 3. The number of alkyl halides is 3. The Labute approximate surface area is 155 Å². The van der Waals surface area contributed by atoms with E-state index in [9.17, 15) is 18.0 Å². The van der Waals surface area contributed by atoms with Gasteiger partial charge < -0.3 is 10.2 Å². The number of hydrogen-bond acceptors (Lipinski definition) is 4. The monoisotopic (exact) mass is 378 g/mol. The summed E-state index contributed by atoms with van der Waals surface area (Å²) in [7, 11) is 0. The Hall–Kier alpha value is -2.64. The van der Waals surface area contributed by atoms with E-state index in [0.717, 1.165) is 37.8 Å². The zero-order valence-electron chi connectivity index (χ0n) is 15.0. The van der Waals surface area contributed by atoms with Gasteiger partial charge in [-0.2, -0.15) is 13.2 Å². The highest BCUT2D eigenvalue weighted by atomic mass is 19.4. The molecule has 0 unspecified atom stereocenters. The number of rotatable bonds is 3. The Balaban J connectivity index is 1.82. The number of benzene rings is 1. The lowest BCUT2D eigenvalue weighted by atomic mass is 10.2. The average Bonchev–Trinajstić information content (AvgIpc) is 2.89. The third-order valence-corrected chi connectivity index (χ3v) is 4.41. The minimum absolute atomic E-state index is 0.104. The van der Waals surface area contributed by atoms with Crippen molar-refractivity contribution in [3.8, 4) is 0 Å². The van der Waals surface area contributed by atoms with E-state index < -0.39 is 11.7 Å². The molecule has 144 valence electrons. The molecule has 3 rings (SSSR count). The number of amides is 1. The van der Waals surface area contributed by atoms with Crippen LogP contribution < -0.4 is 5.32 Å². The van der Waals surface area contributed by atoms with Crippen LogP contribution in [0.4, 0.5) is 24.8 Å². The molecule has 0 saturated carbocycles. The van der Waals surface area contributed by atoms with Crippen molar-refractivity contribution in [3.63, 3.8) is 0 Å². The molecule has 27 heavy (non-hydrogen) atoms. The third kappa shape index (κ3) is 4.96. The summed E-state index contributed by atoms with van der Waals surface area (Å²) in [5.41, 5.74) is 0.265. The Morgan fingerprint density at radius 2 is 1.78 bits per heavy atom. The van der Waals surface area contributed by atoms with Crippen LogP contribution in [0.25, 0.3) is 0 Å². The maximum absolute atomic E-state index is 12.9. The number of nitrogens with one attached hydrogen (secondary N) is 1. The molecule has 0 atom stereocenters. The van der Waals surface area contributed by atoms with Crippen LogP contribution in [0.5, 0.6) is 0 Å². The van der Waals surface area contributed by atoms with Gasteiger partial charge in [0.1, 0.15) is 5.69 Å². The van der Waals surface area contributed by atoms with Crippen LogP contribution in [0, 0.1) is 6.92 Å². The summed E-state index contributed by atoms with van der Waals surface area (Å²) in [5, 5.41) is 2.77. The van der Waals surface area contributed by atoms with Crippen LogP contribution in [0.2, 0.25) is 0 Å². The number of likely N-dealkylation sites (tertiary alicyclic amines) is 1. The fraction of sp³-hybridized carbons (Fsp3) is 0.421. The molecule has 0 radical (unpaired) electrons. The molecule has 1 aromatic carbocycles. The van der Waals surface area contributed by atoms with Crippen LogP contribution in [0.1, 0.15) is 47.4 Å². The molecule has 2 heterocycles. The van der Waals surface area contributed by atoms with Crippen molar-refractivity contribution in [1.82, 2.24) is 14.9 Å². The maximum atomic E-state index is 12.9. The normalized spacial score (nSPS) is 15.3. The predicted octanol–water partition coefficient (Wildman–Crippen LogP) is 4.56. The average molecular weight is 378 g/mol. The Morgan fingerprint density at radius 3 is 2.44 bits per heavy atom. The summed E-state index contributed by atoms with van der Waals surface area (Å²) in [4.78, 5) is 23.0. The van der Waals surface area contributed by atoms with Gasteiger partial charge in [-0.1, -0.05) is 18.9 Å². The molecule has 1 saturated heterocycles. The van der Waals surface area contributed by atoms with Crippen LogP contribution in [-0.4, -0.2) is 33.9 Å². The molecule has 1 aliphatic rings. The molecular formula is C19H21F3N4O. The molecule has 1 aliphatic heterocycles. The van der Waals surface area contributed by atoms with Gasteiger partial charge in [0.15, 0.2) is 0 Å². The zero-order chi connectivity index (χ0) is 19.4. The lowest BCUT2D eigenvalue weighted by Crippen LogP contribution is -2.32. The van der Waals surface area contributed by atoms with Gasteiger partial charge >= 0.3 is 6.18 Å². The van der Waals surface area contributed by atoms with Crippen LogP contribution in [0.3, 0.4) is 0 Å². The van der Waals surface area contributed by atoms with Gasteiger partial charge in [0.2, 0.25) is 5.95 Å². The van der Waals surface area contributed by atoms with Crippen molar-refractivity contribution < 1.29 is 18.0 Å². The minimum Gasteiger partial charge on any atom is -0.337 e. The summed E-state index contributed by atoms with van der Waals surface area (Å²) in [6, 6.07) is 6.39. The molecule has 1 N–H and O–H groups in total. The van der Waals surface area contributed by atoms with E-state index in [1.54, 1.807) is 17.9 Å². The minimum atomic E-state index is -4.43. The smallest absolute Gasteiger partial charge is 0.337 e. The highest BCUT2D eigenvalue weighted by molar-refractivity contribution is 5.92. The molecule has 0 bridgehead atoms. The van der Waals surface area contributed by atoms with Crippen molar-refractivity contribution in [2.75, 3.05) is 18.4 Å². The van der Waals surface area contributed by atoms with Gasteiger partial charge in [-0.3, -0.25) is 4.79 Å². The molecule has 1 amide bonds. The van der Waals surface area contributed by atoms with E-state index in [1.165, 1.54) is 12.1 Å². The van der Waals surface area contributed by atoms with E-state index in [-0.39, 0.29) is 23.2 Å². The SMILES string of the molecule is Cc1cc(C(=O)N2CCCCCC2)nc(Nc2cccc(C(F)(F)F)c2)n1. The van der Waals surface area contributed by atoms with Gasteiger partial charge in [0.05, 0.1) is 5.56 Å². The van der Waals surface area contributed by atoms with Crippen LogP contribution in [-0.2, 0) is 6.18 Å². The van der Waals surface area contributed by atoms with Crippen molar-refractivity contribution in [1.29, 1.82) is 0 Å². The molecule has 8 heteroatoms. The molecule has 1 fully saturated rings. The number of carbonyl (C=O) groups excluding carboxylic acids is 1. The highest BCUT2D eigenvalue weighted by Crippen LogP contribution is 2.31. The number of aryl methyl sites for hydroxylation is 1. The Kier molecular flexibility index (Phi) is 5.62.